The van der Waals surface area contributed by atoms with E-state index in [0.29, 0.717) is 24.7 Å². The summed E-state index contributed by atoms with van der Waals surface area (Å²) in [5.74, 6) is 0.184. The number of ether oxygens (including phenoxy) is 1. The monoisotopic (exact) mass is 507 g/mol. The molecule has 0 radical (unpaired) electrons. The fourth-order valence-electron chi connectivity index (χ4n) is 3.13. The summed E-state index contributed by atoms with van der Waals surface area (Å²) < 4.78 is 18.8. The minimum Gasteiger partial charge on any atom is -0.380 e. The summed E-state index contributed by atoms with van der Waals surface area (Å²) in [6, 6.07) is 5.27. The number of aliphatic imine (C=N–C) groups is 1. The number of carbonyl (C=O) groups is 1. The summed E-state index contributed by atoms with van der Waals surface area (Å²) in [5, 5.41) is 6.70. The number of rotatable bonds is 8. The van der Waals surface area contributed by atoms with Crippen molar-refractivity contribution in [3.8, 4) is 0 Å². The van der Waals surface area contributed by atoms with Gasteiger partial charge in [-0.25, -0.2) is 9.38 Å². The van der Waals surface area contributed by atoms with Crippen LogP contribution in [-0.2, 0) is 22.7 Å². The van der Waals surface area contributed by atoms with Crippen LogP contribution in [0.15, 0.2) is 23.2 Å². The number of methoxy groups -OCH3 is 1. The molecule has 0 aliphatic carbocycles. The molecule has 1 aliphatic rings. The lowest BCUT2D eigenvalue weighted by Crippen LogP contribution is -2.49. The number of hydrogen-bond donors (Lipinski definition) is 3. The molecule has 0 bridgehead atoms. The van der Waals surface area contributed by atoms with Crippen LogP contribution in [0.1, 0.15) is 30.9 Å². The number of benzene rings is 1. The molecule has 1 aliphatic heterocycles. The van der Waals surface area contributed by atoms with Gasteiger partial charge in [0.15, 0.2) is 5.96 Å². The van der Waals surface area contributed by atoms with Gasteiger partial charge in [-0.05, 0) is 37.5 Å². The van der Waals surface area contributed by atoms with E-state index in [-0.39, 0.29) is 42.3 Å². The van der Waals surface area contributed by atoms with Gasteiger partial charge >= 0.3 is 0 Å². The van der Waals surface area contributed by atoms with E-state index >= 15 is 0 Å². The molecule has 2 rings (SSSR count). The summed E-state index contributed by atoms with van der Waals surface area (Å²) in [6.45, 7) is 5.44. The Balaban J connectivity index is 0.00000392. The van der Waals surface area contributed by atoms with Crippen LogP contribution in [0.3, 0.4) is 0 Å². The van der Waals surface area contributed by atoms with Gasteiger partial charge in [-0.15, -0.1) is 24.0 Å². The van der Waals surface area contributed by atoms with Crippen molar-refractivity contribution in [1.29, 1.82) is 0 Å². The van der Waals surface area contributed by atoms with Crippen LogP contribution < -0.4 is 16.4 Å². The standard InChI is InChI=1S/C19H30FN5O2.HI/c1-3-22-19(24-16-6-8-25(9-7-16)12-18(21)26)23-11-14-4-5-17(20)15(10-14)13-27-2;/h4-5,10,16H,3,6-9,11-13H2,1-2H3,(H2,21,26)(H2,22,23,24);1H. The highest BCUT2D eigenvalue weighted by Crippen LogP contribution is 2.13. The fourth-order valence-corrected chi connectivity index (χ4v) is 3.13. The summed E-state index contributed by atoms with van der Waals surface area (Å²) >= 11 is 0. The molecule has 1 aromatic rings. The molecule has 28 heavy (non-hydrogen) atoms. The highest BCUT2D eigenvalue weighted by Gasteiger charge is 2.20. The molecule has 0 aromatic heterocycles. The second-order valence-electron chi connectivity index (χ2n) is 6.72. The molecule has 1 aromatic carbocycles. The van der Waals surface area contributed by atoms with Gasteiger partial charge in [0.25, 0.3) is 0 Å². The van der Waals surface area contributed by atoms with E-state index in [2.05, 4.69) is 20.5 Å². The maximum absolute atomic E-state index is 13.7. The Morgan fingerprint density at radius 3 is 2.71 bits per heavy atom. The molecule has 0 atom stereocenters. The number of likely N-dealkylation sites (tertiary alicyclic amines) is 1. The molecule has 1 amide bonds. The zero-order chi connectivity index (χ0) is 19.6. The number of hydrogen-bond acceptors (Lipinski definition) is 4. The second kappa shape index (κ2) is 12.9. The lowest BCUT2D eigenvalue weighted by atomic mass is 10.1. The summed E-state index contributed by atoms with van der Waals surface area (Å²) in [5.41, 5.74) is 6.72. The van der Waals surface area contributed by atoms with Crippen LogP contribution in [0.2, 0.25) is 0 Å². The predicted molar refractivity (Wildman–Crippen MR) is 119 cm³/mol. The first-order valence-electron chi connectivity index (χ1n) is 9.33. The SMILES string of the molecule is CCNC(=NCc1ccc(F)c(COC)c1)NC1CCN(CC(N)=O)CC1.I. The van der Waals surface area contributed by atoms with Crippen molar-refractivity contribution < 1.29 is 13.9 Å². The fraction of sp³-hybridized carbons (Fsp3) is 0.579. The smallest absolute Gasteiger partial charge is 0.231 e. The van der Waals surface area contributed by atoms with E-state index in [4.69, 9.17) is 10.5 Å². The first kappa shape index (κ1) is 24.6. The zero-order valence-electron chi connectivity index (χ0n) is 16.5. The third-order valence-corrected chi connectivity index (χ3v) is 4.48. The normalized spacial score (nSPS) is 15.8. The second-order valence-corrected chi connectivity index (χ2v) is 6.72. The Morgan fingerprint density at radius 1 is 1.39 bits per heavy atom. The summed E-state index contributed by atoms with van der Waals surface area (Å²) in [6.07, 6.45) is 1.85. The van der Waals surface area contributed by atoms with Crippen molar-refractivity contribution in [3.63, 3.8) is 0 Å². The number of amides is 1. The molecule has 0 saturated carbocycles. The van der Waals surface area contributed by atoms with Gasteiger partial charge < -0.3 is 21.1 Å². The highest BCUT2D eigenvalue weighted by atomic mass is 127. The van der Waals surface area contributed by atoms with Gasteiger partial charge in [-0.1, -0.05) is 6.07 Å². The molecule has 1 saturated heterocycles. The quantitative estimate of drug-likeness (QED) is 0.283. The van der Waals surface area contributed by atoms with E-state index in [1.807, 2.05) is 6.92 Å². The topological polar surface area (TPSA) is 92.0 Å². The van der Waals surface area contributed by atoms with Crippen molar-refractivity contribution in [2.24, 2.45) is 10.7 Å². The van der Waals surface area contributed by atoms with Crippen LogP contribution in [-0.4, -0.2) is 56.1 Å². The number of piperidine rings is 1. The molecular weight excluding hydrogens is 476 g/mol. The van der Waals surface area contributed by atoms with Gasteiger partial charge in [0.05, 0.1) is 19.7 Å². The summed E-state index contributed by atoms with van der Waals surface area (Å²) in [7, 11) is 1.55. The molecular formula is C19H31FIN5O2. The number of primary amides is 1. The van der Waals surface area contributed by atoms with Gasteiger partial charge in [0.1, 0.15) is 5.82 Å². The van der Waals surface area contributed by atoms with Gasteiger partial charge in [-0.3, -0.25) is 9.69 Å². The Kier molecular flexibility index (Phi) is 11.3. The van der Waals surface area contributed by atoms with Crippen LogP contribution in [0.25, 0.3) is 0 Å². The predicted octanol–water partition coefficient (Wildman–Crippen LogP) is 1.59. The van der Waals surface area contributed by atoms with E-state index in [1.165, 1.54) is 6.07 Å². The average Bonchev–Trinajstić information content (AvgIpc) is 2.63. The first-order valence-corrected chi connectivity index (χ1v) is 9.33. The molecule has 9 heteroatoms. The van der Waals surface area contributed by atoms with Crippen LogP contribution in [0.5, 0.6) is 0 Å². The zero-order valence-corrected chi connectivity index (χ0v) is 18.9. The molecule has 7 nitrogen and oxygen atoms in total. The van der Waals surface area contributed by atoms with Crippen LogP contribution >= 0.6 is 24.0 Å². The van der Waals surface area contributed by atoms with Crippen molar-refractivity contribution in [2.75, 3.05) is 33.3 Å². The minimum absolute atomic E-state index is 0. The largest absolute Gasteiger partial charge is 0.380 e. The maximum Gasteiger partial charge on any atom is 0.231 e. The lowest BCUT2D eigenvalue weighted by Gasteiger charge is -2.32. The Labute approximate surface area is 183 Å². The van der Waals surface area contributed by atoms with E-state index in [1.54, 1.807) is 19.2 Å². The number of guanidine groups is 1. The van der Waals surface area contributed by atoms with Gasteiger partial charge in [0, 0.05) is 38.3 Å². The number of nitrogens with zero attached hydrogens (tertiary/aromatic N) is 2. The van der Waals surface area contributed by atoms with Crippen molar-refractivity contribution in [1.82, 2.24) is 15.5 Å². The first-order chi connectivity index (χ1) is 13.0. The Morgan fingerprint density at radius 2 is 2.11 bits per heavy atom. The van der Waals surface area contributed by atoms with Crippen molar-refractivity contribution >= 4 is 35.8 Å². The number of nitrogens with one attached hydrogen (secondary N) is 2. The molecule has 4 N–H and O–H groups in total. The Bertz CT molecular complexity index is 651. The number of carbonyl (C=O) groups excluding carboxylic acids is 1. The average molecular weight is 507 g/mol. The molecule has 158 valence electrons. The van der Waals surface area contributed by atoms with Crippen molar-refractivity contribution in [3.05, 3.63) is 35.1 Å². The van der Waals surface area contributed by atoms with Crippen LogP contribution in [0.4, 0.5) is 4.39 Å². The van der Waals surface area contributed by atoms with E-state index in [0.717, 1.165) is 44.0 Å². The van der Waals surface area contributed by atoms with E-state index < -0.39 is 0 Å². The molecule has 1 heterocycles. The van der Waals surface area contributed by atoms with Crippen LogP contribution in [0, 0.1) is 5.82 Å². The summed E-state index contributed by atoms with van der Waals surface area (Å²) in [4.78, 5) is 17.7. The lowest BCUT2D eigenvalue weighted by molar-refractivity contribution is -0.119. The van der Waals surface area contributed by atoms with Gasteiger partial charge in [-0.2, -0.15) is 0 Å². The molecule has 1 fully saturated rings. The third-order valence-electron chi connectivity index (χ3n) is 4.48. The highest BCUT2D eigenvalue weighted by molar-refractivity contribution is 14.0. The number of nitrogens with two attached hydrogens (primary N) is 1. The van der Waals surface area contributed by atoms with Gasteiger partial charge in [0.2, 0.25) is 5.91 Å². The molecule has 0 unspecified atom stereocenters. The Hall–Kier alpha value is -1.46. The van der Waals surface area contributed by atoms with E-state index in [9.17, 15) is 9.18 Å². The minimum atomic E-state index is -0.288. The molecule has 0 spiro atoms. The third kappa shape index (κ3) is 8.27. The van der Waals surface area contributed by atoms with Crippen molar-refractivity contribution in [2.45, 2.75) is 39.0 Å². The number of halogens is 2. The maximum atomic E-state index is 13.7.